The van der Waals surface area contributed by atoms with Gasteiger partial charge in [0.2, 0.25) is 0 Å². The van der Waals surface area contributed by atoms with Gasteiger partial charge in [0.05, 0.1) is 23.6 Å². The zero-order valence-electron chi connectivity index (χ0n) is 16.9. The average Bonchev–Trinajstić information content (AvgIpc) is 3.40. The second-order valence-electron chi connectivity index (χ2n) is 7.94. The maximum absolute atomic E-state index is 12.8. The predicted octanol–water partition coefficient (Wildman–Crippen LogP) is 4.04. The number of carboxylic acids is 1. The summed E-state index contributed by atoms with van der Waals surface area (Å²) in [6.45, 7) is 0. The van der Waals surface area contributed by atoms with E-state index in [0.717, 1.165) is 35.7 Å². The van der Waals surface area contributed by atoms with Gasteiger partial charge in [-0.2, -0.15) is 5.26 Å². The summed E-state index contributed by atoms with van der Waals surface area (Å²) in [6.07, 6.45) is 4.62. The molecule has 7 nitrogen and oxygen atoms in total. The Kier molecular flexibility index (Phi) is 5.74. The Hall–Kier alpha value is -3.63. The van der Waals surface area contributed by atoms with Crippen molar-refractivity contribution in [2.24, 2.45) is 17.6 Å². The number of aromatic amines is 1. The maximum atomic E-state index is 12.8. The summed E-state index contributed by atoms with van der Waals surface area (Å²) < 4.78 is 5.87. The Morgan fingerprint density at radius 3 is 2.65 bits per heavy atom. The third kappa shape index (κ3) is 4.30. The minimum absolute atomic E-state index is 0.0377. The highest BCUT2D eigenvalue weighted by Gasteiger charge is 2.35. The van der Waals surface area contributed by atoms with Crippen LogP contribution in [0.4, 0.5) is 0 Å². The highest BCUT2D eigenvalue weighted by Crippen LogP contribution is 2.33. The number of nitrogens with two attached hydrogens (primary N) is 1. The number of nitriles is 1. The summed E-state index contributed by atoms with van der Waals surface area (Å²) in [5, 5.41) is 19.2. The first-order valence-electron chi connectivity index (χ1n) is 10.3. The van der Waals surface area contributed by atoms with Crippen LogP contribution in [0.15, 0.2) is 48.7 Å². The molecular formula is C24H23N3O4. The van der Waals surface area contributed by atoms with Gasteiger partial charge in [-0.25, -0.2) is 4.79 Å². The number of benzene rings is 2. The molecule has 1 aliphatic carbocycles. The summed E-state index contributed by atoms with van der Waals surface area (Å²) in [5.41, 5.74) is 8.25. The van der Waals surface area contributed by atoms with Crippen LogP contribution in [0.1, 0.15) is 35.2 Å². The summed E-state index contributed by atoms with van der Waals surface area (Å²) in [7, 11) is 0. The Balaban J connectivity index is 1.51. The molecule has 7 heteroatoms. The SMILES string of the molecule is N#C[C@H]1CCCC1C(=O)[C@@H](N)Cc1c[nH]c2ccc(Oc3ccc(C(=O)O)cc3)cc12. The molecule has 1 heterocycles. The summed E-state index contributed by atoms with van der Waals surface area (Å²) in [5.74, 6) is -0.403. The number of aromatic carboxylic acids is 1. The lowest BCUT2D eigenvalue weighted by molar-refractivity contribution is -0.124. The quantitative estimate of drug-likeness (QED) is 0.532. The van der Waals surface area contributed by atoms with E-state index in [1.165, 1.54) is 12.1 Å². The van der Waals surface area contributed by atoms with Crippen molar-refractivity contribution in [1.82, 2.24) is 4.98 Å². The first-order valence-corrected chi connectivity index (χ1v) is 10.3. The Morgan fingerprint density at radius 2 is 1.94 bits per heavy atom. The molecule has 1 fully saturated rings. The Labute approximate surface area is 179 Å². The number of hydrogen-bond donors (Lipinski definition) is 3. The Morgan fingerprint density at radius 1 is 1.19 bits per heavy atom. The van der Waals surface area contributed by atoms with E-state index in [1.807, 2.05) is 24.4 Å². The first kappa shape index (κ1) is 20.6. The normalized spacial score (nSPS) is 19.1. The number of Topliss-reactive ketones (excluding diaryl/α,β-unsaturated/α-hetero) is 1. The standard InChI is InChI=1S/C24H23N3O4/c25-12-15-2-1-3-19(15)23(28)21(26)10-16-13-27-22-9-8-18(11-20(16)22)31-17-6-4-14(5-7-17)24(29)30/h4-9,11,13,15,19,21,27H,1-3,10,26H2,(H,29,30)/t15-,19?,21+/m1/s1. The van der Waals surface area contributed by atoms with E-state index < -0.39 is 12.0 Å². The summed E-state index contributed by atoms with van der Waals surface area (Å²) in [4.78, 5) is 27.0. The van der Waals surface area contributed by atoms with Gasteiger partial charge in [-0.15, -0.1) is 0 Å². The predicted molar refractivity (Wildman–Crippen MR) is 115 cm³/mol. The van der Waals surface area contributed by atoms with E-state index in [0.29, 0.717) is 17.9 Å². The van der Waals surface area contributed by atoms with Crippen LogP contribution in [0.25, 0.3) is 10.9 Å². The molecule has 1 aromatic heterocycles. The lowest BCUT2D eigenvalue weighted by atomic mass is 9.87. The van der Waals surface area contributed by atoms with Crippen LogP contribution in [0.3, 0.4) is 0 Å². The number of aromatic nitrogens is 1. The van der Waals surface area contributed by atoms with Gasteiger partial charge in [0.25, 0.3) is 0 Å². The minimum atomic E-state index is -0.991. The van der Waals surface area contributed by atoms with Gasteiger partial charge in [0.15, 0.2) is 5.78 Å². The number of rotatable bonds is 7. The van der Waals surface area contributed by atoms with Crippen LogP contribution in [-0.4, -0.2) is 27.9 Å². The first-order chi connectivity index (χ1) is 15.0. The molecule has 4 N–H and O–H groups in total. The van der Waals surface area contributed by atoms with E-state index >= 15 is 0 Å². The van der Waals surface area contributed by atoms with Gasteiger partial charge in [-0.05, 0) is 67.3 Å². The number of H-pyrrole nitrogens is 1. The van der Waals surface area contributed by atoms with E-state index in [1.54, 1.807) is 12.1 Å². The third-order valence-electron chi connectivity index (χ3n) is 5.93. The van der Waals surface area contributed by atoms with Crippen molar-refractivity contribution in [3.63, 3.8) is 0 Å². The van der Waals surface area contributed by atoms with Crippen LogP contribution >= 0.6 is 0 Å². The highest BCUT2D eigenvalue weighted by molar-refractivity contribution is 5.89. The Bertz CT molecular complexity index is 1160. The number of nitrogens with zero attached hydrogens (tertiary/aromatic N) is 1. The van der Waals surface area contributed by atoms with Crippen molar-refractivity contribution in [3.05, 3.63) is 59.8 Å². The van der Waals surface area contributed by atoms with Gasteiger partial charge in [-0.3, -0.25) is 4.79 Å². The molecule has 0 radical (unpaired) electrons. The van der Waals surface area contributed by atoms with Gasteiger partial charge in [-0.1, -0.05) is 6.42 Å². The zero-order valence-corrected chi connectivity index (χ0v) is 16.9. The largest absolute Gasteiger partial charge is 0.478 e. The van der Waals surface area contributed by atoms with E-state index in [4.69, 9.17) is 15.6 Å². The average molecular weight is 417 g/mol. The van der Waals surface area contributed by atoms with Crippen molar-refractivity contribution in [2.75, 3.05) is 0 Å². The number of hydrogen-bond acceptors (Lipinski definition) is 5. The van der Waals surface area contributed by atoms with Crippen molar-refractivity contribution >= 4 is 22.7 Å². The number of fused-ring (bicyclic) bond motifs is 1. The van der Waals surface area contributed by atoms with Gasteiger partial charge in [0.1, 0.15) is 11.5 Å². The zero-order chi connectivity index (χ0) is 22.0. The molecule has 158 valence electrons. The topological polar surface area (TPSA) is 129 Å². The van der Waals surface area contributed by atoms with Crippen LogP contribution in [0.2, 0.25) is 0 Å². The molecular weight excluding hydrogens is 394 g/mol. The summed E-state index contributed by atoms with van der Waals surface area (Å²) in [6, 6.07) is 13.3. The second kappa shape index (κ2) is 8.62. The van der Waals surface area contributed by atoms with Crippen LogP contribution in [0.5, 0.6) is 11.5 Å². The smallest absolute Gasteiger partial charge is 0.335 e. The van der Waals surface area contributed by atoms with Crippen LogP contribution in [0, 0.1) is 23.2 Å². The molecule has 31 heavy (non-hydrogen) atoms. The summed E-state index contributed by atoms with van der Waals surface area (Å²) >= 11 is 0. The number of ketones is 1. The van der Waals surface area contributed by atoms with Crippen molar-refractivity contribution in [2.45, 2.75) is 31.7 Å². The van der Waals surface area contributed by atoms with Crippen molar-refractivity contribution in [1.29, 1.82) is 5.26 Å². The van der Waals surface area contributed by atoms with Crippen LogP contribution in [-0.2, 0) is 11.2 Å². The monoisotopic (exact) mass is 417 g/mol. The van der Waals surface area contributed by atoms with E-state index in [9.17, 15) is 14.9 Å². The van der Waals surface area contributed by atoms with Gasteiger partial charge < -0.3 is 20.6 Å². The van der Waals surface area contributed by atoms with Crippen molar-refractivity contribution < 1.29 is 19.4 Å². The molecule has 0 bridgehead atoms. The molecule has 1 saturated carbocycles. The second-order valence-corrected chi connectivity index (χ2v) is 7.94. The molecule has 1 aliphatic rings. The maximum Gasteiger partial charge on any atom is 0.335 e. The number of carbonyl (C=O) groups is 2. The number of carboxylic acid groups (broad SMARTS) is 1. The number of ether oxygens (including phenoxy) is 1. The minimum Gasteiger partial charge on any atom is -0.478 e. The van der Waals surface area contributed by atoms with E-state index in [-0.39, 0.29) is 23.2 Å². The van der Waals surface area contributed by atoms with Gasteiger partial charge >= 0.3 is 5.97 Å². The fraction of sp³-hybridized carbons (Fsp3) is 0.292. The molecule has 0 spiro atoms. The highest BCUT2D eigenvalue weighted by atomic mass is 16.5. The lowest BCUT2D eigenvalue weighted by Gasteiger charge is -2.17. The number of nitrogens with one attached hydrogen (secondary N) is 1. The fourth-order valence-corrected chi connectivity index (χ4v) is 4.26. The van der Waals surface area contributed by atoms with Crippen molar-refractivity contribution in [3.8, 4) is 17.6 Å². The molecule has 0 amide bonds. The lowest BCUT2D eigenvalue weighted by Crippen LogP contribution is -2.38. The molecule has 0 aliphatic heterocycles. The van der Waals surface area contributed by atoms with Gasteiger partial charge in [0, 0.05) is 23.0 Å². The molecule has 3 atom stereocenters. The molecule has 4 rings (SSSR count). The molecule has 3 aromatic rings. The number of carbonyl (C=O) groups excluding carboxylic acids is 1. The molecule has 1 unspecified atom stereocenters. The molecule has 0 saturated heterocycles. The third-order valence-corrected chi connectivity index (χ3v) is 5.93. The van der Waals surface area contributed by atoms with E-state index in [2.05, 4.69) is 11.1 Å². The fourth-order valence-electron chi connectivity index (χ4n) is 4.26. The van der Waals surface area contributed by atoms with Crippen LogP contribution < -0.4 is 10.5 Å². The molecule has 2 aromatic carbocycles.